The first-order valence-electron chi connectivity index (χ1n) is 6.03. The van der Waals surface area contributed by atoms with Gasteiger partial charge in [-0.2, -0.15) is 0 Å². The van der Waals surface area contributed by atoms with E-state index in [0.29, 0.717) is 23.0 Å². The van der Waals surface area contributed by atoms with Gasteiger partial charge in [-0.05, 0) is 22.1 Å². The molecule has 0 spiro atoms. The Hall–Kier alpha value is -1.22. The van der Waals surface area contributed by atoms with Crippen LogP contribution in [0.25, 0.3) is 0 Å². The molecule has 0 atom stereocenters. The number of hydrogen-bond donors (Lipinski definition) is 0. The Morgan fingerprint density at radius 1 is 1.38 bits per heavy atom. The predicted octanol–water partition coefficient (Wildman–Crippen LogP) is 2.38. The summed E-state index contributed by atoms with van der Waals surface area (Å²) in [5.41, 5.74) is 0.497. The van der Waals surface area contributed by atoms with Gasteiger partial charge in [-0.15, -0.1) is 5.10 Å². The molecule has 0 aliphatic rings. The SMILES string of the molecule is COC(Cn1nnnc1SCc1cccc(Cl)c1F)OC. The summed E-state index contributed by atoms with van der Waals surface area (Å²) in [7, 11) is 3.07. The van der Waals surface area contributed by atoms with Crippen LogP contribution in [0.3, 0.4) is 0 Å². The number of hydrogen-bond acceptors (Lipinski definition) is 6. The number of nitrogens with zero attached hydrogens (tertiary/aromatic N) is 4. The molecule has 1 heterocycles. The molecule has 21 heavy (non-hydrogen) atoms. The minimum Gasteiger partial charge on any atom is -0.354 e. The zero-order valence-corrected chi connectivity index (χ0v) is 13.1. The number of rotatable bonds is 7. The summed E-state index contributed by atoms with van der Waals surface area (Å²) in [6, 6.07) is 4.89. The van der Waals surface area contributed by atoms with Gasteiger partial charge >= 0.3 is 0 Å². The molecule has 0 saturated carbocycles. The maximum Gasteiger partial charge on any atom is 0.209 e. The third-order valence-electron chi connectivity index (χ3n) is 2.74. The minimum atomic E-state index is -0.448. The quantitative estimate of drug-likeness (QED) is 0.573. The summed E-state index contributed by atoms with van der Waals surface area (Å²) < 4.78 is 25.6. The van der Waals surface area contributed by atoms with Crippen molar-refractivity contribution in [1.82, 2.24) is 20.2 Å². The van der Waals surface area contributed by atoms with Crippen molar-refractivity contribution in [2.24, 2.45) is 0 Å². The lowest BCUT2D eigenvalue weighted by Gasteiger charge is -2.13. The van der Waals surface area contributed by atoms with Gasteiger partial charge in [0.25, 0.3) is 0 Å². The fraction of sp³-hybridized carbons (Fsp3) is 0.417. The lowest BCUT2D eigenvalue weighted by atomic mass is 10.2. The van der Waals surface area contributed by atoms with Crippen molar-refractivity contribution in [3.63, 3.8) is 0 Å². The molecule has 0 radical (unpaired) electrons. The third-order valence-corrected chi connectivity index (χ3v) is 4.03. The molecular formula is C12H14ClFN4O2S. The average Bonchev–Trinajstić information content (AvgIpc) is 2.93. The molecule has 0 aliphatic heterocycles. The fourth-order valence-electron chi connectivity index (χ4n) is 1.60. The second kappa shape index (κ2) is 7.69. The number of ether oxygens (including phenoxy) is 2. The number of benzene rings is 1. The summed E-state index contributed by atoms with van der Waals surface area (Å²) in [5.74, 6) is -0.0467. The van der Waals surface area contributed by atoms with E-state index in [2.05, 4.69) is 15.5 Å². The first kappa shape index (κ1) is 16.2. The van der Waals surface area contributed by atoms with Crippen LogP contribution in [0.2, 0.25) is 5.02 Å². The molecule has 114 valence electrons. The second-order valence-corrected chi connectivity index (χ2v) is 5.40. The highest BCUT2D eigenvalue weighted by molar-refractivity contribution is 7.98. The van der Waals surface area contributed by atoms with Crippen LogP contribution in [0.15, 0.2) is 23.4 Å². The Balaban J connectivity index is 2.04. The highest BCUT2D eigenvalue weighted by Gasteiger charge is 2.14. The predicted molar refractivity (Wildman–Crippen MR) is 76.6 cm³/mol. The maximum absolute atomic E-state index is 13.8. The van der Waals surface area contributed by atoms with Crippen LogP contribution in [0.4, 0.5) is 4.39 Å². The number of tetrazole rings is 1. The van der Waals surface area contributed by atoms with Crippen LogP contribution in [0.5, 0.6) is 0 Å². The summed E-state index contributed by atoms with van der Waals surface area (Å²) in [4.78, 5) is 0. The molecule has 0 saturated heterocycles. The van der Waals surface area contributed by atoms with E-state index < -0.39 is 12.1 Å². The lowest BCUT2D eigenvalue weighted by Crippen LogP contribution is -2.21. The van der Waals surface area contributed by atoms with Gasteiger partial charge in [-0.1, -0.05) is 35.5 Å². The fourth-order valence-corrected chi connectivity index (χ4v) is 2.66. The van der Waals surface area contributed by atoms with E-state index in [1.807, 2.05) is 0 Å². The molecule has 0 fully saturated rings. The average molecular weight is 333 g/mol. The van der Waals surface area contributed by atoms with E-state index in [9.17, 15) is 4.39 Å². The zero-order valence-electron chi connectivity index (χ0n) is 11.5. The molecule has 0 aliphatic carbocycles. The molecule has 0 bridgehead atoms. The molecule has 2 rings (SSSR count). The van der Waals surface area contributed by atoms with Gasteiger partial charge in [-0.25, -0.2) is 9.07 Å². The summed E-state index contributed by atoms with van der Waals surface area (Å²) in [5, 5.41) is 12.0. The Morgan fingerprint density at radius 3 is 2.86 bits per heavy atom. The highest BCUT2D eigenvalue weighted by Crippen LogP contribution is 2.25. The summed E-state index contributed by atoms with van der Waals surface area (Å²) in [6.07, 6.45) is -0.448. The molecule has 6 nitrogen and oxygen atoms in total. The van der Waals surface area contributed by atoms with Crippen LogP contribution in [0, 0.1) is 5.82 Å². The van der Waals surface area contributed by atoms with Crippen LogP contribution < -0.4 is 0 Å². The standard InChI is InChI=1S/C12H14ClFN4O2S/c1-19-10(20-2)6-18-12(15-16-17-18)21-7-8-4-3-5-9(13)11(8)14/h3-5,10H,6-7H2,1-2H3. The number of aromatic nitrogens is 4. The van der Waals surface area contributed by atoms with Gasteiger partial charge in [0.1, 0.15) is 5.82 Å². The normalized spacial score (nSPS) is 11.3. The van der Waals surface area contributed by atoms with Gasteiger partial charge < -0.3 is 9.47 Å². The topological polar surface area (TPSA) is 62.1 Å². The Labute approximate surface area is 130 Å². The zero-order chi connectivity index (χ0) is 15.2. The van der Waals surface area contributed by atoms with Crippen LogP contribution >= 0.6 is 23.4 Å². The Kier molecular flexibility index (Phi) is 5.92. The maximum atomic E-state index is 13.8. The van der Waals surface area contributed by atoms with Crippen LogP contribution in [-0.4, -0.2) is 40.7 Å². The van der Waals surface area contributed by atoms with E-state index in [0.717, 1.165) is 0 Å². The van der Waals surface area contributed by atoms with Gasteiger partial charge in [0, 0.05) is 20.0 Å². The van der Waals surface area contributed by atoms with Crippen molar-refractivity contribution in [3.8, 4) is 0 Å². The molecular weight excluding hydrogens is 319 g/mol. The second-order valence-electron chi connectivity index (χ2n) is 4.05. The molecule has 9 heteroatoms. The van der Waals surface area contributed by atoms with Crippen LogP contribution in [0.1, 0.15) is 5.56 Å². The van der Waals surface area contributed by atoms with Gasteiger partial charge in [0.2, 0.25) is 5.16 Å². The van der Waals surface area contributed by atoms with E-state index in [-0.39, 0.29) is 5.02 Å². The van der Waals surface area contributed by atoms with E-state index in [4.69, 9.17) is 21.1 Å². The Morgan fingerprint density at radius 2 is 2.14 bits per heavy atom. The molecule has 1 aromatic heterocycles. The van der Waals surface area contributed by atoms with Crippen molar-refractivity contribution in [1.29, 1.82) is 0 Å². The largest absolute Gasteiger partial charge is 0.354 e. The van der Waals surface area contributed by atoms with Gasteiger partial charge in [0.05, 0.1) is 11.6 Å². The van der Waals surface area contributed by atoms with E-state index in [1.165, 1.54) is 32.0 Å². The minimum absolute atomic E-state index is 0.103. The summed E-state index contributed by atoms with van der Waals surface area (Å²) in [6.45, 7) is 0.348. The summed E-state index contributed by atoms with van der Waals surface area (Å²) >= 11 is 7.06. The first-order chi connectivity index (χ1) is 10.2. The third kappa shape index (κ3) is 4.13. The van der Waals surface area contributed by atoms with Crippen molar-refractivity contribution in [3.05, 3.63) is 34.6 Å². The number of methoxy groups -OCH3 is 2. The smallest absolute Gasteiger partial charge is 0.209 e. The van der Waals surface area contributed by atoms with Crippen molar-refractivity contribution in [2.75, 3.05) is 14.2 Å². The number of halogens is 2. The Bertz CT molecular complexity index is 594. The van der Waals surface area contributed by atoms with E-state index in [1.54, 1.807) is 16.8 Å². The molecule has 2 aromatic rings. The van der Waals surface area contributed by atoms with Gasteiger partial charge in [0.15, 0.2) is 6.29 Å². The first-order valence-corrected chi connectivity index (χ1v) is 7.39. The molecule has 0 amide bonds. The lowest BCUT2D eigenvalue weighted by molar-refractivity contribution is -0.113. The van der Waals surface area contributed by atoms with Gasteiger partial charge in [-0.3, -0.25) is 0 Å². The number of thioether (sulfide) groups is 1. The van der Waals surface area contributed by atoms with E-state index >= 15 is 0 Å². The van der Waals surface area contributed by atoms with Crippen LogP contribution in [-0.2, 0) is 21.8 Å². The highest BCUT2D eigenvalue weighted by atomic mass is 35.5. The molecule has 1 aromatic carbocycles. The molecule has 0 unspecified atom stereocenters. The monoisotopic (exact) mass is 332 g/mol. The molecule has 0 N–H and O–H groups in total. The van der Waals surface area contributed by atoms with Crippen molar-refractivity contribution >= 4 is 23.4 Å². The van der Waals surface area contributed by atoms with Crippen molar-refractivity contribution in [2.45, 2.75) is 23.7 Å². The van der Waals surface area contributed by atoms with Crippen molar-refractivity contribution < 1.29 is 13.9 Å².